The Labute approximate surface area is 179 Å². The minimum atomic E-state index is 0.521. The summed E-state index contributed by atoms with van der Waals surface area (Å²) in [5.41, 5.74) is 4.33. The third kappa shape index (κ3) is 3.58. The van der Waals surface area contributed by atoms with Crippen molar-refractivity contribution in [1.82, 2.24) is 24.1 Å². The molecule has 4 aromatic rings. The molecular formula is C22H23N5S2. The number of hydrogen-bond acceptors (Lipinski definition) is 5. The van der Waals surface area contributed by atoms with E-state index in [-0.39, 0.29) is 0 Å². The second-order valence-corrected chi connectivity index (χ2v) is 9.06. The van der Waals surface area contributed by atoms with Gasteiger partial charge in [-0.3, -0.25) is 14.3 Å². The summed E-state index contributed by atoms with van der Waals surface area (Å²) in [4.78, 5) is 7.01. The molecule has 0 spiro atoms. The zero-order valence-electron chi connectivity index (χ0n) is 16.4. The van der Waals surface area contributed by atoms with Crippen molar-refractivity contribution in [2.24, 2.45) is 0 Å². The molecule has 0 radical (unpaired) electrons. The molecule has 3 aromatic heterocycles. The minimum absolute atomic E-state index is 0.521. The average molecular weight is 422 g/mol. The van der Waals surface area contributed by atoms with E-state index in [1.165, 1.54) is 23.1 Å². The Morgan fingerprint density at radius 3 is 2.86 bits per heavy atom. The van der Waals surface area contributed by atoms with Gasteiger partial charge < -0.3 is 0 Å². The lowest BCUT2D eigenvalue weighted by Crippen LogP contribution is -2.37. The number of aryl methyl sites for hydroxylation is 1. The van der Waals surface area contributed by atoms with Gasteiger partial charge in [0.15, 0.2) is 5.65 Å². The average Bonchev–Trinajstić information content (AvgIpc) is 3.37. The second-order valence-electron chi connectivity index (χ2n) is 7.55. The fourth-order valence-electron chi connectivity index (χ4n) is 4.09. The van der Waals surface area contributed by atoms with E-state index in [1.54, 1.807) is 0 Å². The Morgan fingerprint density at radius 2 is 2.07 bits per heavy atom. The van der Waals surface area contributed by atoms with Crippen LogP contribution in [0.25, 0.3) is 16.6 Å². The number of benzene rings is 1. The highest BCUT2D eigenvalue weighted by Gasteiger charge is 2.24. The molecule has 1 fully saturated rings. The lowest BCUT2D eigenvalue weighted by Gasteiger charge is -2.27. The Morgan fingerprint density at radius 1 is 1.21 bits per heavy atom. The molecule has 1 aromatic carbocycles. The number of rotatable bonds is 5. The van der Waals surface area contributed by atoms with Gasteiger partial charge in [0, 0.05) is 29.9 Å². The lowest BCUT2D eigenvalue weighted by molar-refractivity contribution is 0.145. The maximum atomic E-state index is 5.87. The SMILES string of the molecule is Cc1cc2nn(CN(Cc3ccccn3)[C@@H]3CCSC3)c(=S)n2c2ccccc12. The molecule has 0 saturated carbocycles. The number of nitrogens with zero attached hydrogens (tertiary/aromatic N) is 5. The van der Waals surface area contributed by atoms with Gasteiger partial charge in [0.2, 0.25) is 4.77 Å². The maximum Gasteiger partial charge on any atom is 0.204 e. The van der Waals surface area contributed by atoms with E-state index in [0.717, 1.165) is 33.9 Å². The molecule has 0 N–H and O–H groups in total. The molecule has 0 aliphatic carbocycles. The van der Waals surface area contributed by atoms with Crippen molar-refractivity contribution in [1.29, 1.82) is 0 Å². The molecule has 1 saturated heterocycles. The quantitative estimate of drug-likeness (QED) is 0.437. The van der Waals surface area contributed by atoms with Crippen LogP contribution in [0, 0.1) is 11.7 Å². The summed E-state index contributed by atoms with van der Waals surface area (Å²) in [5, 5.41) is 6.10. The zero-order chi connectivity index (χ0) is 19.8. The van der Waals surface area contributed by atoms with Crippen LogP contribution in [0.15, 0.2) is 54.7 Å². The van der Waals surface area contributed by atoms with Crippen molar-refractivity contribution in [3.63, 3.8) is 0 Å². The van der Waals surface area contributed by atoms with Crippen molar-refractivity contribution in [3.05, 3.63) is 70.8 Å². The Bertz CT molecular complexity index is 1210. The fourth-order valence-corrected chi connectivity index (χ4v) is 5.63. The van der Waals surface area contributed by atoms with E-state index in [2.05, 4.69) is 63.7 Å². The molecule has 29 heavy (non-hydrogen) atoms. The fraction of sp³-hybridized carbons (Fsp3) is 0.318. The smallest absolute Gasteiger partial charge is 0.204 e. The van der Waals surface area contributed by atoms with Crippen molar-refractivity contribution < 1.29 is 0 Å². The van der Waals surface area contributed by atoms with Crippen LogP contribution in [0.5, 0.6) is 0 Å². The monoisotopic (exact) mass is 421 g/mol. The van der Waals surface area contributed by atoms with Crippen molar-refractivity contribution in [3.8, 4) is 0 Å². The largest absolute Gasteiger partial charge is 0.275 e. The molecule has 0 amide bonds. The second kappa shape index (κ2) is 7.89. The third-order valence-corrected chi connectivity index (χ3v) is 7.15. The summed E-state index contributed by atoms with van der Waals surface area (Å²) in [6.45, 7) is 3.62. The summed E-state index contributed by atoms with van der Waals surface area (Å²) in [6, 6.07) is 17.2. The van der Waals surface area contributed by atoms with Crippen LogP contribution in [0.3, 0.4) is 0 Å². The topological polar surface area (TPSA) is 38.4 Å². The van der Waals surface area contributed by atoms with Crippen LogP contribution < -0.4 is 0 Å². The lowest BCUT2D eigenvalue weighted by atomic mass is 10.1. The molecule has 4 heterocycles. The number of hydrogen-bond donors (Lipinski definition) is 0. The van der Waals surface area contributed by atoms with Crippen LogP contribution in [0.4, 0.5) is 0 Å². The molecule has 148 valence electrons. The van der Waals surface area contributed by atoms with Gasteiger partial charge >= 0.3 is 0 Å². The van der Waals surface area contributed by atoms with Crippen LogP contribution in [-0.4, -0.2) is 41.6 Å². The predicted octanol–water partition coefficient (Wildman–Crippen LogP) is 4.69. The van der Waals surface area contributed by atoms with Crippen molar-refractivity contribution in [2.45, 2.75) is 32.6 Å². The van der Waals surface area contributed by atoms with Gasteiger partial charge in [-0.2, -0.15) is 16.9 Å². The van der Waals surface area contributed by atoms with Crippen LogP contribution in [0.2, 0.25) is 0 Å². The standard InChI is InChI=1S/C22H23N5S2/c1-16-12-21-24-26(22(28)27(21)20-8-3-2-7-19(16)20)15-25(18-9-11-29-14-18)13-17-6-4-5-10-23-17/h2-8,10,12,18H,9,11,13-15H2,1H3/t18-/m1/s1. The molecule has 0 bridgehead atoms. The molecule has 0 unspecified atom stereocenters. The van der Waals surface area contributed by atoms with E-state index < -0.39 is 0 Å². The summed E-state index contributed by atoms with van der Waals surface area (Å²) in [7, 11) is 0. The van der Waals surface area contributed by atoms with Gasteiger partial charge in [0.25, 0.3) is 0 Å². The predicted molar refractivity (Wildman–Crippen MR) is 122 cm³/mol. The van der Waals surface area contributed by atoms with Crippen LogP contribution in [0.1, 0.15) is 17.7 Å². The number of para-hydroxylation sites is 1. The van der Waals surface area contributed by atoms with Crippen LogP contribution in [-0.2, 0) is 13.2 Å². The molecule has 5 rings (SSSR count). The Hall–Kier alpha value is -2.22. The first kappa shape index (κ1) is 18.8. The first-order valence-corrected chi connectivity index (χ1v) is 11.5. The highest BCUT2D eigenvalue weighted by Crippen LogP contribution is 2.25. The van der Waals surface area contributed by atoms with E-state index in [4.69, 9.17) is 17.3 Å². The van der Waals surface area contributed by atoms with Gasteiger partial charge in [-0.15, -0.1) is 0 Å². The molecular weight excluding hydrogens is 398 g/mol. The van der Waals surface area contributed by atoms with Gasteiger partial charge in [0.05, 0.1) is 17.9 Å². The molecule has 1 atom stereocenters. The molecule has 1 aliphatic rings. The minimum Gasteiger partial charge on any atom is -0.275 e. The number of pyridine rings is 2. The van der Waals surface area contributed by atoms with Gasteiger partial charge in [-0.1, -0.05) is 24.3 Å². The summed E-state index contributed by atoms with van der Waals surface area (Å²) in [6.07, 6.45) is 3.06. The molecule has 7 heteroatoms. The summed E-state index contributed by atoms with van der Waals surface area (Å²) < 4.78 is 4.82. The van der Waals surface area contributed by atoms with Crippen molar-refractivity contribution in [2.75, 3.05) is 11.5 Å². The first-order chi connectivity index (χ1) is 14.2. The van der Waals surface area contributed by atoms with Gasteiger partial charge in [-0.05, 0) is 61.1 Å². The molecule has 5 nitrogen and oxygen atoms in total. The number of aromatic nitrogens is 4. The van der Waals surface area contributed by atoms with E-state index in [9.17, 15) is 0 Å². The van der Waals surface area contributed by atoms with Gasteiger partial charge in [-0.25, -0.2) is 4.68 Å². The molecule has 1 aliphatic heterocycles. The van der Waals surface area contributed by atoms with E-state index >= 15 is 0 Å². The Kier molecular flexibility index (Phi) is 5.11. The number of fused-ring (bicyclic) bond motifs is 3. The third-order valence-electron chi connectivity index (χ3n) is 5.61. The normalized spacial score (nSPS) is 17.0. The summed E-state index contributed by atoms with van der Waals surface area (Å²) in [5.74, 6) is 2.36. The van der Waals surface area contributed by atoms with E-state index in [1.807, 2.05) is 28.7 Å². The Balaban J connectivity index is 1.55. The number of thioether (sulfide) groups is 1. The summed E-state index contributed by atoms with van der Waals surface area (Å²) >= 11 is 7.89. The van der Waals surface area contributed by atoms with Crippen molar-refractivity contribution >= 4 is 40.5 Å². The zero-order valence-corrected chi connectivity index (χ0v) is 18.0. The highest BCUT2D eigenvalue weighted by atomic mass is 32.2. The maximum absolute atomic E-state index is 5.87. The first-order valence-electron chi connectivity index (χ1n) is 9.90. The highest BCUT2D eigenvalue weighted by molar-refractivity contribution is 7.99. The van der Waals surface area contributed by atoms with E-state index in [0.29, 0.717) is 12.7 Å². The van der Waals surface area contributed by atoms with Crippen LogP contribution >= 0.6 is 24.0 Å². The van der Waals surface area contributed by atoms with Gasteiger partial charge in [0.1, 0.15) is 0 Å².